The number of nitrogens with zero attached hydrogens (tertiary/aromatic N) is 2. The molecule has 1 aliphatic carbocycles. The Balaban J connectivity index is 1.72. The van der Waals surface area contributed by atoms with E-state index in [2.05, 4.69) is 16.1 Å². The molecule has 1 aromatic carbocycles. The van der Waals surface area contributed by atoms with Gasteiger partial charge in [-0.15, -0.1) is 11.3 Å². The molecule has 4 nitrogen and oxygen atoms in total. The molecule has 0 fully saturated rings. The molecule has 4 rings (SSSR count). The third-order valence-corrected chi connectivity index (χ3v) is 7.15. The van der Waals surface area contributed by atoms with Crippen molar-refractivity contribution in [1.82, 2.24) is 9.55 Å². The Morgan fingerprint density at radius 1 is 1.25 bits per heavy atom. The van der Waals surface area contributed by atoms with Gasteiger partial charge in [-0.1, -0.05) is 54.2 Å². The van der Waals surface area contributed by atoms with E-state index >= 15 is 0 Å². The second-order valence-electron chi connectivity index (χ2n) is 7.21. The van der Waals surface area contributed by atoms with Crippen molar-refractivity contribution in [3.05, 3.63) is 68.7 Å². The van der Waals surface area contributed by atoms with Crippen LogP contribution in [0, 0.1) is 0 Å². The molecule has 144 valence electrons. The van der Waals surface area contributed by atoms with Gasteiger partial charge in [-0.2, -0.15) is 0 Å². The highest BCUT2D eigenvalue weighted by Crippen LogP contribution is 2.32. The molecule has 0 saturated heterocycles. The Morgan fingerprint density at radius 3 is 2.75 bits per heavy atom. The number of hydrogen-bond acceptors (Lipinski definition) is 5. The van der Waals surface area contributed by atoms with Gasteiger partial charge in [-0.05, 0) is 32.6 Å². The molecule has 0 N–H and O–H groups in total. The molecule has 1 aliphatic rings. The molecule has 0 radical (unpaired) electrons. The van der Waals surface area contributed by atoms with Crippen LogP contribution in [0.4, 0.5) is 0 Å². The fourth-order valence-corrected chi connectivity index (χ4v) is 5.76. The summed E-state index contributed by atoms with van der Waals surface area (Å²) in [5.41, 5.74) is 3.25. The van der Waals surface area contributed by atoms with Crippen molar-refractivity contribution in [1.29, 1.82) is 0 Å². The Bertz CT molecular complexity index is 1110. The maximum absolute atomic E-state index is 13.0. The zero-order valence-corrected chi connectivity index (χ0v) is 17.5. The maximum atomic E-state index is 13.0. The monoisotopic (exact) mass is 410 g/mol. The fourth-order valence-electron chi connectivity index (χ4n) is 3.52. The van der Waals surface area contributed by atoms with Crippen molar-refractivity contribution < 1.29 is 4.79 Å². The first kappa shape index (κ1) is 19.2. The second kappa shape index (κ2) is 8.05. The van der Waals surface area contributed by atoms with Crippen LogP contribution in [0.5, 0.6) is 0 Å². The number of aromatic nitrogens is 2. The molecule has 0 unspecified atom stereocenters. The Hall–Kier alpha value is -2.18. The lowest BCUT2D eigenvalue weighted by Gasteiger charge is -2.14. The summed E-state index contributed by atoms with van der Waals surface area (Å²) in [5.74, 6) is 0.354. The smallest absolute Gasteiger partial charge is 0.211 e. The van der Waals surface area contributed by atoms with Gasteiger partial charge in [0.05, 0.1) is 5.75 Å². The first-order valence-electron chi connectivity index (χ1n) is 9.45. The van der Waals surface area contributed by atoms with E-state index in [1.165, 1.54) is 16.6 Å². The highest BCUT2D eigenvalue weighted by atomic mass is 32.2. The minimum Gasteiger partial charge on any atom is -0.306 e. The highest BCUT2D eigenvalue weighted by Gasteiger charge is 2.22. The summed E-state index contributed by atoms with van der Waals surface area (Å²) in [6.45, 7) is 6.61. The van der Waals surface area contributed by atoms with Crippen LogP contribution >= 0.6 is 23.1 Å². The van der Waals surface area contributed by atoms with Crippen LogP contribution in [0.3, 0.4) is 0 Å². The first-order valence-corrected chi connectivity index (χ1v) is 11.3. The minimum absolute atomic E-state index is 0.0600. The maximum Gasteiger partial charge on any atom is 0.211 e. The molecule has 0 amide bonds. The molecule has 28 heavy (non-hydrogen) atoms. The molecular formula is C22H22N2O2S2. The van der Waals surface area contributed by atoms with Gasteiger partial charge in [0, 0.05) is 22.5 Å². The van der Waals surface area contributed by atoms with Gasteiger partial charge in [-0.25, -0.2) is 4.98 Å². The van der Waals surface area contributed by atoms with E-state index in [9.17, 15) is 9.59 Å². The lowest BCUT2D eigenvalue weighted by molar-refractivity contribution is 0.102. The molecule has 0 aliphatic heterocycles. The third kappa shape index (κ3) is 3.71. The number of carbonyl (C=O) groups is 1. The summed E-state index contributed by atoms with van der Waals surface area (Å²) < 4.78 is 2.06. The number of carbonyl (C=O) groups excluding carboxylic acids is 1. The van der Waals surface area contributed by atoms with E-state index in [0.717, 1.165) is 46.8 Å². The van der Waals surface area contributed by atoms with E-state index in [1.807, 2.05) is 37.3 Å². The van der Waals surface area contributed by atoms with Crippen molar-refractivity contribution in [2.24, 2.45) is 0 Å². The number of allylic oxidation sites excluding steroid dienone is 1. The summed E-state index contributed by atoms with van der Waals surface area (Å²) in [6, 6.07) is 9.28. The topological polar surface area (TPSA) is 52.0 Å². The lowest BCUT2D eigenvalue weighted by Crippen LogP contribution is -2.15. The summed E-state index contributed by atoms with van der Waals surface area (Å²) in [7, 11) is 0. The van der Waals surface area contributed by atoms with E-state index in [4.69, 9.17) is 0 Å². The first-order chi connectivity index (χ1) is 13.5. The molecule has 0 spiro atoms. The average molecular weight is 411 g/mol. The summed E-state index contributed by atoms with van der Waals surface area (Å²) >= 11 is 3.08. The Morgan fingerprint density at radius 2 is 2.00 bits per heavy atom. The van der Waals surface area contributed by atoms with Crippen molar-refractivity contribution in [3.8, 4) is 0 Å². The second-order valence-corrected chi connectivity index (χ2v) is 9.24. The summed E-state index contributed by atoms with van der Waals surface area (Å²) in [6.07, 6.45) is 4.03. The number of thioether (sulfide) groups is 1. The quantitative estimate of drug-likeness (QED) is 0.330. The summed E-state index contributed by atoms with van der Waals surface area (Å²) in [5, 5.41) is 0.720. The number of imidazole rings is 1. The molecule has 6 heteroatoms. The molecule has 0 bridgehead atoms. The number of benzene rings is 1. The lowest BCUT2D eigenvalue weighted by atomic mass is 9.98. The van der Waals surface area contributed by atoms with Gasteiger partial charge in [0.1, 0.15) is 10.3 Å². The van der Waals surface area contributed by atoms with Crippen molar-refractivity contribution in [3.63, 3.8) is 0 Å². The minimum atomic E-state index is 0.0600. The van der Waals surface area contributed by atoms with E-state index < -0.39 is 0 Å². The highest BCUT2D eigenvalue weighted by molar-refractivity contribution is 7.99. The number of rotatable bonds is 6. The van der Waals surface area contributed by atoms with Crippen LogP contribution < -0.4 is 5.43 Å². The van der Waals surface area contributed by atoms with E-state index in [0.29, 0.717) is 23.4 Å². The standard InChI is InChI=1S/C22H22N2O2S2/c1-14(2)12-24-21-19(20(26)16-10-6-7-11-18(16)28-21)23-22(24)27-13-17(25)15-8-4-3-5-9-15/h3-5,8-9H,1,6-7,10-13H2,2H3. The van der Waals surface area contributed by atoms with Crippen LogP contribution in [-0.2, 0) is 19.4 Å². The van der Waals surface area contributed by atoms with Gasteiger partial charge in [0.2, 0.25) is 5.43 Å². The normalized spacial score (nSPS) is 13.5. The largest absolute Gasteiger partial charge is 0.306 e. The predicted molar refractivity (Wildman–Crippen MR) is 117 cm³/mol. The molecule has 2 heterocycles. The van der Waals surface area contributed by atoms with Gasteiger partial charge < -0.3 is 4.57 Å². The van der Waals surface area contributed by atoms with Gasteiger partial charge in [-0.3, -0.25) is 9.59 Å². The van der Waals surface area contributed by atoms with Crippen molar-refractivity contribution in [2.45, 2.75) is 44.3 Å². The molecular weight excluding hydrogens is 388 g/mol. The van der Waals surface area contributed by atoms with Crippen LogP contribution in [-0.4, -0.2) is 21.1 Å². The Labute approximate surface area is 172 Å². The number of ketones is 1. The fraction of sp³-hybridized carbons (Fsp3) is 0.318. The van der Waals surface area contributed by atoms with Crippen LogP contribution in [0.25, 0.3) is 10.3 Å². The average Bonchev–Trinajstić information content (AvgIpc) is 3.04. The molecule has 0 atom stereocenters. The van der Waals surface area contributed by atoms with Crippen molar-refractivity contribution >= 4 is 39.2 Å². The van der Waals surface area contributed by atoms with Crippen LogP contribution in [0.2, 0.25) is 0 Å². The van der Waals surface area contributed by atoms with Gasteiger partial charge >= 0.3 is 0 Å². The van der Waals surface area contributed by atoms with E-state index in [1.54, 1.807) is 11.3 Å². The van der Waals surface area contributed by atoms with Gasteiger partial charge in [0.25, 0.3) is 0 Å². The Kier molecular flexibility index (Phi) is 5.51. The molecule has 0 saturated carbocycles. The van der Waals surface area contributed by atoms with Crippen molar-refractivity contribution in [2.75, 3.05) is 5.75 Å². The van der Waals surface area contributed by atoms with E-state index in [-0.39, 0.29) is 11.2 Å². The number of fused-ring (bicyclic) bond motifs is 2. The number of Topliss-reactive ketones (excluding diaryl/α,β-unsaturated/α-hetero) is 1. The van der Waals surface area contributed by atoms with Gasteiger partial charge in [0.15, 0.2) is 10.9 Å². The number of hydrogen-bond donors (Lipinski definition) is 0. The van der Waals surface area contributed by atoms with Crippen LogP contribution in [0.15, 0.2) is 52.4 Å². The zero-order chi connectivity index (χ0) is 19.7. The summed E-state index contributed by atoms with van der Waals surface area (Å²) in [4.78, 5) is 32.3. The zero-order valence-electron chi connectivity index (χ0n) is 15.9. The molecule has 3 aromatic rings. The predicted octanol–water partition coefficient (Wildman–Crippen LogP) is 4.89. The van der Waals surface area contributed by atoms with Crippen LogP contribution in [0.1, 0.15) is 40.6 Å². The molecule has 2 aromatic heterocycles. The third-order valence-electron chi connectivity index (χ3n) is 4.87. The SMILES string of the molecule is C=C(C)Cn1c(SCC(=O)c2ccccc2)nc2c(=O)c3c(sc21)CCCC3. The number of aryl methyl sites for hydroxylation is 1.